The van der Waals surface area contributed by atoms with Gasteiger partial charge < -0.3 is 4.98 Å². The number of carbonyl (C=O) groups is 1. The second-order valence-electron chi connectivity index (χ2n) is 3.68. The van der Waals surface area contributed by atoms with Crippen molar-refractivity contribution in [3.8, 4) is 0 Å². The van der Waals surface area contributed by atoms with E-state index in [0.717, 1.165) is 12.1 Å². The van der Waals surface area contributed by atoms with Gasteiger partial charge in [-0.1, -0.05) is 6.07 Å². The molecular formula is C12H10F2N2O. The van der Waals surface area contributed by atoms with Gasteiger partial charge >= 0.3 is 0 Å². The third-order valence-electron chi connectivity index (χ3n) is 2.30. The molecule has 0 unspecified atom stereocenters. The van der Waals surface area contributed by atoms with Crippen LogP contribution in [0.15, 0.2) is 30.6 Å². The third kappa shape index (κ3) is 2.96. The van der Waals surface area contributed by atoms with Crippen molar-refractivity contribution in [3.05, 3.63) is 53.6 Å². The summed E-state index contributed by atoms with van der Waals surface area (Å²) in [7, 11) is 0. The quantitative estimate of drug-likeness (QED) is 0.882. The van der Waals surface area contributed by atoms with Crippen LogP contribution in [0.4, 0.5) is 8.78 Å². The van der Waals surface area contributed by atoms with Crippen LogP contribution in [0.5, 0.6) is 0 Å². The Kier molecular flexibility index (Phi) is 3.27. The lowest BCUT2D eigenvalue weighted by atomic mass is 10.1. The van der Waals surface area contributed by atoms with Crippen LogP contribution in [-0.4, -0.2) is 15.8 Å². The SMILES string of the molecule is O=C(Cc1ccc(F)c(F)c1)Cc1ncc[nH]1. The molecule has 5 heteroatoms. The summed E-state index contributed by atoms with van der Waals surface area (Å²) in [5, 5.41) is 0. The van der Waals surface area contributed by atoms with Gasteiger partial charge in [-0.2, -0.15) is 0 Å². The number of imidazole rings is 1. The fourth-order valence-corrected chi connectivity index (χ4v) is 1.52. The zero-order valence-electron chi connectivity index (χ0n) is 8.91. The van der Waals surface area contributed by atoms with Crippen LogP contribution in [0.25, 0.3) is 0 Å². The van der Waals surface area contributed by atoms with Crippen LogP contribution >= 0.6 is 0 Å². The number of nitrogens with zero attached hydrogens (tertiary/aromatic N) is 1. The molecule has 0 radical (unpaired) electrons. The summed E-state index contributed by atoms with van der Waals surface area (Å²) in [6, 6.07) is 3.46. The minimum Gasteiger partial charge on any atom is -0.348 e. The molecule has 1 heterocycles. The second-order valence-corrected chi connectivity index (χ2v) is 3.68. The van der Waals surface area contributed by atoms with Gasteiger partial charge in [-0.25, -0.2) is 13.8 Å². The maximum absolute atomic E-state index is 12.9. The van der Waals surface area contributed by atoms with Crippen LogP contribution in [0.1, 0.15) is 11.4 Å². The minimum absolute atomic E-state index is 0.0674. The van der Waals surface area contributed by atoms with E-state index in [0.29, 0.717) is 11.4 Å². The normalized spacial score (nSPS) is 10.5. The molecule has 88 valence electrons. The average Bonchev–Trinajstić information content (AvgIpc) is 2.76. The molecule has 1 aromatic heterocycles. The van der Waals surface area contributed by atoms with Gasteiger partial charge in [0.25, 0.3) is 0 Å². The molecule has 0 aliphatic heterocycles. The van der Waals surface area contributed by atoms with Crippen LogP contribution in [0.2, 0.25) is 0 Å². The topological polar surface area (TPSA) is 45.8 Å². The number of nitrogens with one attached hydrogen (secondary N) is 1. The molecule has 2 rings (SSSR count). The number of benzene rings is 1. The lowest BCUT2D eigenvalue weighted by Crippen LogP contribution is -2.08. The molecule has 0 saturated carbocycles. The van der Waals surface area contributed by atoms with Crippen molar-refractivity contribution >= 4 is 5.78 Å². The van der Waals surface area contributed by atoms with Crippen molar-refractivity contribution in [2.75, 3.05) is 0 Å². The Morgan fingerprint density at radius 2 is 2.06 bits per heavy atom. The van der Waals surface area contributed by atoms with Crippen LogP contribution < -0.4 is 0 Å². The molecule has 2 aromatic rings. The summed E-state index contributed by atoms with van der Waals surface area (Å²) in [6.45, 7) is 0. The first-order valence-electron chi connectivity index (χ1n) is 5.09. The zero-order chi connectivity index (χ0) is 12.3. The van der Waals surface area contributed by atoms with Gasteiger partial charge in [0.05, 0.1) is 6.42 Å². The van der Waals surface area contributed by atoms with Crippen molar-refractivity contribution in [2.24, 2.45) is 0 Å². The number of H-pyrrole nitrogens is 1. The lowest BCUT2D eigenvalue weighted by Gasteiger charge is -2.01. The molecule has 0 saturated heterocycles. The van der Waals surface area contributed by atoms with E-state index < -0.39 is 11.6 Å². The number of hydrogen-bond donors (Lipinski definition) is 1. The Morgan fingerprint density at radius 3 is 2.71 bits per heavy atom. The van der Waals surface area contributed by atoms with Gasteiger partial charge in [0.2, 0.25) is 0 Å². The minimum atomic E-state index is -0.937. The highest BCUT2D eigenvalue weighted by atomic mass is 19.2. The summed E-state index contributed by atoms with van der Waals surface area (Å²) in [4.78, 5) is 18.3. The maximum Gasteiger partial charge on any atom is 0.159 e. The molecule has 1 aromatic carbocycles. The highest BCUT2D eigenvalue weighted by molar-refractivity contribution is 5.82. The Bertz CT molecular complexity index is 523. The summed E-state index contributed by atoms with van der Waals surface area (Å²) >= 11 is 0. The van der Waals surface area contributed by atoms with E-state index in [9.17, 15) is 13.6 Å². The van der Waals surface area contributed by atoms with Gasteiger partial charge in [0, 0.05) is 18.8 Å². The fraction of sp³-hybridized carbons (Fsp3) is 0.167. The average molecular weight is 236 g/mol. The highest BCUT2D eigenvalue weighted by Gasteiger charge is 2.09. The molecule has 1 N–H and O–H groups in total. The Labute approximate surface area is 96.5 Å². The Morgan fingerprint density at radius 1 is 1.24 bits per heavy atom. The number of aromatic amines is 1. The summed E-state index contributed by atoms with van der Waals surface area (Å²) in [5.41, 5.74) is 0.459. The maximum atomic E-state index is 12.9. The summed E-state index contributed by atoms with van der Waals surface area (Å²) < 4.78 is 25.6. The molecular weight excluding hydrogens is 226 g/mol. The number of ketones is 1. The van der Waals surface area contributed by atoms with E-state index in [4.69, 9.17) is 0 Å². The number of Topliss-reactive ketones (excluding diaryl/α,β-unsaturated/α-hetero) is 1. The first-order chi connectivity index (χ1) is 8.15. The van der Waals surface area contributed by atoms with Crippen molar-refractivity contribution < 1.29 is 13.6 Å². The number of halogens is 2. The summed E-state index contributed by atoms with van der Waals surface area (Å²) in [5.74, 6) is -1.39. The predicted molar refractivity (Wildman–Crippen MR) is 57.4 cm³/mol. The van der Waals surface area contributed by atoms with Crippen molar-refractivity contribution in [1.29, 1.82) is 0 Å². The van der Waals surface area contributed by atoms with Gasteiger partial charge in [-0.15, -0.1) is 0 Å². The lowest BCUT2D eigenvalue weighted by molar-refractivity contribution is -0.117. The van der Waals surface area contributed by atoms with Crippen molar-refractivity contribution in [1.82, 2.24) is 9.97 Å². The summed E-state index contributed by atoms with van der Waals surface area (Å²) in [6.07, 6.45) is 3.41. The van der Waals surface area contributed by atoms with Crippen LogP contribution in [0, 0.1) is 11.6 Å². The van der Waals surface area contributed by atoms with Crippen molar-refractivity contribution in [2.45, 2.75) is 12.8 Å². The Balaban J connectivity index is 2.00. The van der Waals surface area contributed by atoms with E-state index in [1.165, 1.54) is 6.07 Å². The first kappa shape index (κ1) is 11.4. The van der Waals surface area contributed by atoms with Gasteiger partial charge in [0.15, 0.2) is 11.6 Å². The number of aromatic nitrogens is 2. The van der Waals surface area contributed by atoms with Crippen LogP contribution in [0.3, 0.4) is 0 Å². The fourth-order valence-electron chi connectivity index (χ4n) is 1.52. The molecule has 0 amide bonds. The molecule has 0 spiro atoms. The predicted octanol–water partition coefficient (Wildman–Crippen LogP) is 2.04. The molecule has 3 nitrogen and oxygen atoms in total. The monoisotopic (exact) mass is 236 g/mol. The zero-order valence-corrected chi connectivity index (χ0v) is 8.91. The van der Waals surface area contributed by atoms with Crippen LogP contribution in [-0.2, 0) is 17.6 Å². The standard InChI is InChI=1S/C12H10F2N2O/c13-10-2-1-8(6-11(10)14)5-9(17)7-12-15-3-4-16-12/h1-4,6H,5,7H2,(H,15,16). The molecule has 0 bridgehead atoms. The molecule has 0 aliphatic rings. The number of carbonyl (C=O) groups excluding carboxylic acids is 1. The largest absolute Gasteiger partial charge is 0.348 e. The van der Waals surface area contributed by atoms with Gasteiger partial charge in [-0.3, -0.25) is 4.79 Å². The van der Waals surface area contributed by atoms with E-state index in [2.05, 4.69) is 9.97 Å². The van der Waals surface area contributed by atoms with E-state index >= 15 is 0 Å². The smallest absolute Gasteiger partial charge is 0.159 e. The molecule has 17 heavy (non-hydrogen) atoms. The van der Waals surface area contributed by atoms with Gasteiger partial charge in [0.1, 0.15) is 11.6 Å². The van der Waals surface area contributed by atoms with E-state index in [-0.39, 0.29) is 18.6 Å². The van der Waals surface area contributed by atoms with Crippen molar-refractivity contribution in [3.63, 3.8) is 0 Å². The van der Waals surface area contributed by atoms with E-state index in [1.54, 1.807) is 12.4 Å². The highest BCUT2D eigenvalue weighted by Crippen LogP contribution is 2.10. The van der Waals surface area contributed by atoms with Gasteiger partial charge in [-0.05, 0) is 17.7 Å². The molecule has 0 atom stereocenters. The number of hydrogen-bond acceptors (Lipinski definition) is 2. The molecule has 0 aliphatic carbocycles. The number of rotatable bonds is 4. The first-order valence-corrected chi connectivity index (χ1v) is 5.09. The Hall–Kier alpha value is -2.04. The molecule has 0 fully saturated rings. The van der Waals surface area contributed by atoms with E-state index in [1.807, 2.05) is 0 Å². The second kappa shape index (κ2) is 4.86. The third-order valence-corrected chi connectivity index (χ3v) is 2.30.